The number of aliphatic hydroxyl groups excluding tert-OH is 1. The fourth-order valence-electron chi connectivity index (χ4n) is 5.46. The van der Waals surface area contributed by atoms with Gasteiger partial charge in [0.1, 0.15) is 6.10 Å². The van der Waals surface area contributed by atoms with Crippen LogP contribution in [-0.2, 0) is 5.54 Å². The van der Waals surface area contributed by atoms with Crippen LogP contribution in [0.3, 0.4) is 0 Å². The molecule has 4 heterocycles. The van der Waals surface area contributed by atoms with Gasteiger partial charge in [-0.1, -0.05) is 11.6 Å². The number of hydrogen-bond acceptors (Lipinski definition) is 4. The minimum atomic E-state index is -0.646. The van der Waals surface area contributed by atoms with Gasteiger partial charge in [-0.15, -0.1) is 0 Å². The van der Waals surface area contributed by atoms with Crippen LogP contribution in [0, 0.1) is 5.92 Å². The number of likely N-dealkylation sites (tertiary alicyclic amines) is 1. The summed E-state index contributed by atoms with van der Waals surface area (Å²) in [5.74, 6) is 0.231. The molecule has 1 aromatic heterocycles. The van der Waals surface area contributed by atoms with Crippen molar-refractivity contribution in [1.82, 2.24) is 25.3 Å². The average molecular weight is 418 g/mol. The smallest absolute Gasteiger partial charge is 0.317 e. The number of carbonyl (C=O) groups is 1. The van der Waals surface area contributed by atoms with Gasteiger partial charge in [-0.2, -0.15) is 5.10 Å². The molecule has 29 heavy (non-hydrogen) atoms. The topological polar surface area (TPSA) is 82.4 Å². The summed E-state index contributed by atoms with van der Waals surface area (Å²) in [7, 11) is 0. The molecule has 0 radical (unpaired) electrons. The molecule has 2 aromatic rings. The molecule has 3 aliphatic heterocycles. The lowest BCUT2D eigenvalue weighted by Gasteiger charge is -2.43. The molecular formula is C21H28ClN5O2. The highest BCUT2D eigenvalue weighted by Crippen LogP contribution is 2.51. The van der Waals surface area contributed by atoms with Crippen molar-refractivity contribution >= 4 is 28.5 Å². The number of amides is 2. The molecule has 1 aromatic carbocycles. The van der Waals surface area contributed by atoms with E-state index in [2.05, 4.69) is 22.7 Å². The number of carbonyl (C=O) groups excluding carboxylic acids is 1. The third-order valence-corrected chi connectivity index (χ3v) is 7.46. The molecule has 0 aliphatic carbocycles. The number of nitrogens with one attached hydrogen (secondary N) is 2. The van der Waals surface area contributed by atoms with E-state index in [-0.39, 0.29) is 18.0 Å². The van der Waals surface area contributed by atoms with Crippen molar-refractivity contribution in [2.75, 3.05) is 26.2 Å². The number of halogens is 1. The largest absolute Gasteiger partial charge is 0.386 e. The zero-order valence-electron chi connectivity index (χ0n) is 16.7. The second-order valence-corrected chi connectivity index (χ2v) is 9.29. The van der Waals surface area contributed by atoms with Crippen LogP contribution in [0.4, 0.5) is 4.79 Å². The SMILES string of the molecule is CC1(C2CCN(C(=O)NC3CCNCC3)CC2)C(O)c2cc(Cl)cc3cnn1c23. The van der Waals surface area contributed by atoms with Gasteiger partial charge in [0.25, 0.3) is 0 Å². The molecule has 2 unspecified atom stereocenters. The predicted octanol–water partition coefficient (Wildman–Crippen LogP) is 2.63. The molecule has 0 bridgehead atoms. The van der Waals surface area contributed by atoms with E-state index >= 15 is 0 Å². The fraction of sp³-hybridized carbons (Fsp3) is 0.619. The Morgan fingerprint density at radius 1 is 1.28 bits per heavy atom. The lowest BCUT2D eigenvalue weighted by molar-refractivity contribution is -0.0117. The summed E-state index contributed by atoms with van der Waals surface area (Å²) in [6.07, 6.45) is 4.85. The quantitative estimate of drug-likeness (QED) is 0.701. The van der Waals surface area contributed by atoms with Gasteiger partial charge < -0.3 is 20.6 Å². The Hall–Kier alpha value is -1.83. The summed E-state index contributed by atoms with van der Waals surface area (Å²) < 4.78 is 1.99. The van der Waals surface area contributed by atoms with Crippen LogP contribution in [0.25, 0.3) is 10.9 Å². The maximum absolute atomic E-state index is 12.7. The molecule has 2 saturated heterocycles. The number of aromatic nitrogens is 2. The van der Waals surface area contributed by atoms with Crippen LogP contribution in [0.2, 0.25) is 5.02 Å². The van der Waals surface area contributed by atoms with Gasteiger partial charge >= 0.3 is 6.03 Å². The summed E-state index contributed by atoms with van der Waals surface area (Å²) in [5, 5.41) is 23.9. The zero-order chi connectivity index (χ0) is 20.2. The van der Waals surface area contributed by atoms with E-state index in [1.54, 1.807) is 0 Å². The minimum Gasteiger partial charge on any atom is -0.386 e. The summed E-state index contributed by atoms with van der Waals surface area (Å²) in [5.41, 5.74) is 1.32. The van der Waals surface area contributed by atoms with Crippen molar-refractivity contribution in [3.8, 4) is 0 Å². The van der Waals surface area contributed by atoms with Crippen LogP contribution in [-0.4, -0.2) is 58.0 Å². The maximum atomic E-state index is 12.7. The van der Waals surface area contributed by atoms with E-state index < -0.39 is 11.6 Å². The minimum absolute atomic E-state index is 0.0454. The number of hydrogen-bond donors (Lipinski definition) is 3. The number of rotatable bonds is 2. The van der Waals surface area contributed by atoms with E-state index in [0.29, 0.717) is 18.1 Å². The number of piperidine rings is 2. The van der Waals surface area contributed by atoms with Gasteiger partial charge in [0, 0.05) is 35.1 Å². The number of aliphatic hydroxyl groups is 1. The Bertz CT molecular complexity index is 933. The molecule has 7 nitrogen and oxygen atoms in total. The molecule has 5 rings (SSSR count). The van der Waals surface area contributed by atoms with E-state index in [0.717, 1.165) is 55.2 Å². The van der Waals surface area contributed by atoms with Crippen molar-refractivity contribution in [1.29, 1.82) is 0 Å². The Morgan fingerprint density at radius 2 is 2.00 bits per heavy atom. The van der Waals surface area contributed by atoms with Gasteiger partial charge in [0.15, 0.2) is 0 Å². The molecule has 3 N–H and O–H groups in total. The molecule has 8 heteroatoms. The van der Waals surface area contributed by atoms with Crippen LogP contribution in [0.1, 0.15) is 44.3 Å². The number of nitrogens with zero attached hydrogens (tertiary/aromatic N) is 3. The molecule has 2 atom stereocenters. The van der Waals surface area contributed by atoms with E-state index in [4.69, 9.17) is 11.6 Å². The highest BCUT2D eigenvalue weighted by molar-refractivity contribution is 6.31. The Morgan fingerprint density at radius 3 is 2.72 bits per heavy atom. The molecule has 2 fully saturated rings. The second kappa shape index (κ2) is 7.15. The standard InChI is InChI=1S/C21H28ClN5O2/c1-21(19(28)17-11-15(22)10-13-12-24-27(21)18(13)17)14-4-8-26(9-5-14)20(29)25-16-2-6-23-7-3-16/h10-12,14,16,19,23,28H,2-9H2,1H3,(H,25,29). The first kappa shape index (κ1) is 19.2. The maximum Gasteiger partial charge on any atom is 0.317 e. The van der Waals surface area contributed by atoms with E-state index in [1.807, 2.05) is 27.9 Å². The molecule has 0 spiro atoms. The van der Waals surface area contributed by atoms with Crippen LogP contribution < -0.4 is 10.6 Å². The van der Waals surface area contributed by atoms with Crippen molar-refractivity contribution in [2.45, 2.75) is 50.3 Å². The lowest BCUT2D eigenvalue weighted by atomic mass is 9.75. The average Bonchev–Trinajstić information content (AvgIpc) is 3.25. The predicted molar refractivity (Wildman–Crippen MR) is 112 cm³/mol. The fourth-order valence-corrected chi connectivity index (χ4v) is 5.70. The summed E-state index contributed by atoms with van der Waals surface area (Å²) in [6.45, 7) is 5.42. The molecule has 156 valence electrons. The highest BCUT2D eigenvalue weighted by atomic mass is 35.5. The Labute approximate surface area is 175 Å². The van der Waals surface area contributed by atoms with Crippen LogP contribution in [0.5, 0.6) is 0 Å². The summed E-state index contributed by atoms with van der Waals surface area (Å²) in [6, 6.07) is 4.08. The van der Waals surface area contributed by atoms with Crippen molar-refractivity contribution in [3.63, 3.8) is 0 Å². The lowest BCUT2D eigenvalue weighted by Crippen LogP contribution is -2.53. The van der Waals surface area contributed by atoms with Gasteiger partial charge in [0.2, 0.25) is 0 Å². The first-order valence-corrected chi connectivity index (χ1v) is 11.0. The van der Waals surface area contributed by atoms with Crippen molar-refractivity contribution in [3.05, 3.63) is 28.9 Å². The van der Waals surface area contributed by atoms with Gasteiger partial charge in [-0.05, 0) is 63.7 Å². The molecular weight excluding hydrogens is 390 g/mol. The monoisotopic (exact) mass is 417 g/mol. The van der Waals surface area contributed by atoms with Crippen LogP contribution >= 0.6 is 11.6 Å². The van der Waals surface area contributed by atoms with Gasteiger partial charge in [-0.25, -0.2) is 4.79 Å². The molecule has 2 amide bonds. The summed E-state index contributed by atoms with van der Waals surface area (Å²) in [4.78, 5) is 14.6. The highest BCUT2D eigenvalue weighted by Gasteiger charge is 2.50. The Kier molecular flexibility index (Phi) is 4.72. The third kappa shape index (κ3) is 3.02. The van der Waals surface area contributed by atoms with Gasteiger partial charge in [0.05, 0.1) is 17.3 Å². The van der Waals surface area contributed by atoms with Gasteiger partial charge in [-0.3, -0.25) is 4.68 Å². The van der Waals surface area contributed by atoms with E-state index in [9.17, 15) is 9.90 Å². The normalized spacial score (nSPS) is 28.2. The first-order valence-electron chi connectivity index (χ1n) is 10.6. The van der Waals surface area contributed by atoms with Crippen molar-refractivity contribution < 1.29 is 9.90 Å². The number of urea groups is 1. The summed E-state index contributed by atoms with van der Waals surface area (Å²) >= 11 is 6.26. The van der Waals surface area contributed by atoms with Crippen molar-refractivity contribution in [2.24, 2.45) is 5.92 Å². The molecule has 0 saturated carbocycles. The second-order valence-electron chi connectivity index (χ2n) is 8.85. The van der Waals surface area contributed by atoms with E-state index in [1.165, 1.54) is 0 Å². The first-order chi connectivity index (χ1) is 14.0. The molecule has 3 aliphatic rings. The number of benzene rings is 1. The third-order valence-electron chi connectivity index (χ3n) is 7.24. The van der Waals surface area contributed by atoms with Crippen LogP contribution in [0.15, 0.2) is 18.3 Å². The Balaban J connectivity index is 1.30. The zero-order valence-corrected chi connectivity index (χ0v) is 17.5.